The van der Waals surface area contributed by atoms with Crippen molar-refractivity contribution in [1.29, 1.82) is 0 Å². The second-order valence-electron chi connectivity index (χ2n) is 6.13. The molecular weight excluding hydrogens is 336 g/mol. The SMILES string of the molecule is CN1CCN(C(=O)Cc2ccc(Cl)cc2)c2nc3ccccc3nc21. The molecule has 0 bridgehead atoms. The van der Waals surface area contributed by atoms with Crippen LogP contribution in [0.3, 0.4) is 0 Å². The van der Waals surface area contributed by atoms with Crippen LogP contribution in [0.1, 0.15) is 5.56 Å². The minimum atomic E-state index is 0.0150. The molecule has 0 N–H and O–H groups in total. The predicted octanol–water partition coefficient (Wildman–Crippen LogP) is 3.31. The first kappa shape index (κ1) is 15.8. The zero-order valence-corrected chi connectivity index (χ0v) is 14.6. The summed E-state index contributed by atoms with van der Waals surface area (Å²) in [5.74, 6) is 1.39. The van der Waals surface area contributed by atoms with Crippen molar-refractivity contribution in [2.24, 2.45) is 0 Å². The topological polar surface area (TPSA) is 49.3 Å². The summed E-state index contributed by atoms with van der Waals surface area (Å²) in [4.78, 5) is 26.1. The summed E-state index contributed by atoms with van der Waals surface area (Å²) in [6, 6.07) is 15.1. The lowest BCUT2D eigenvalue weighted by molar-refractivity contribution is -0.118. The third kappa shape index (κ3) is 3.03. The molecule has 3 aromatic rings. The van der Waals surface area contributed by atoms with E-state index >= 15 is 0 Å². The first-order valence-electron chi connectivity index (χ1n) is 8.14. The van der Waals surface area contributed by atoms with Gasteiger partial charge in [0.25, 0.3) is 0 Å². The molecule has 2 heterocycles. The van der Waals surface area contributed by atoms with Gasteiger partial charge in [0.15, 0.2) is 11.6 Å². The molecule has 0 spiro atoms. The molecule has 1 aromatic heterocycles. The molecule has 5 nitrogen and oxygen atoms in total. The molecule has 1 amide bonds. The highest BCUT2D eigenvalue weighted by molar-refractivity contribution is 6.30. The van der Waals surface area contributed by atoms with Gasteiger partial charge in [-0.1, -0.05) is 35.9 Å². The number of hydrogen-bond acceptors (Lipinski definition) is 4. The minimum Gasteiger partial charge on any atom is -0.355 e. The van der Waals surface area contributed by atoms with Gasteiger partial charge in [-0.2, -0.15) is 0 Å². The van der Waals surface area contributed by atoms with Crippen LogP contribution >= 0.6 is 11.6 Å². The third-order valence-corrected chi connectivity index (χ3v) is 4.63. The van der Waals surface area contributed by atoms with E-state index in [2.05, 4.69) is 0 Å². The van der Waals surface area contributed by atoms with Crippen LogP contribution in [0.15, 0.2) is 48.5 Å². The largest absolute Gasteiger partial charge is 0.355 e. The Morgan fingerprint density at radius 2 is 1.64 bits per heavy atom. The Bertz CT molecular complexity index is 942. The average Bonchev–Trinajstić information content (AvgIpc) is 2.62. The molecule has 0 unspecified atom stereocenters. The Labute approximate surface area is 150 Å². The normalized spacial score (nSPS) is 13.8. The maximum atomic E-state index is 12.9. The maximum Gasteiger partial charge on any atom is 0.232 e. The van der Waals surface area contributed by atoms with E-state index in [1.54, 1.807) is 17.0 Å². The van der Waals surface area contributed by atoms with Gasteiger partial charge < -0.3 is 4.90 Å². The molecule has 4 rings (SSSR count). The number of carbonyl (C=O) groups excluding carboxylic acids is 1. The molecule has 0 fully saturated rings. The second kappa shape index (κ2) is 6.33. The summed E-state index contributed by atoms with van der Waals surface area (Å²) in [6.45, 7) is 1.33. The zero-order chi connectivity index (χ0) is 17.4. The number of halogens is 1. The number of carbonyl (C=O) groups is 1. The quantitative estimate of drug-likeness (QED) is 0.710. The Hall–Kier alpha value is -2.66. The van der Waals surface area contributed by atoms with Crippen LogP contribution in [0.5, 0.6) is 0 Å². The van der Waals surface area contributed by atoms with Gasteiger partial charge in [0.1, 0.15) is 0 Å². The van der Waals surface area contributed by atoms with Gasteiger partial charge in [0.05, 0.1) is 17.5 Å². The van der Waals surface area contributed by atoms with Gasteiger partial charge in [0.2, 0.25) is 5.91 Å². The van der Waals surface area contributed by atoms with Gasteiger partial charge in [-0.15, -0.1) is 0 Å². The van der Waals surface area contributed by atoms with Gasteiger partial charge in [0, 0.05) is 25.2 Å². The second-order valence-corrected chi connectivity index (χ2v) is 6.57. The number of para-hydroxylation sites is 2. The number of amides is 1. The van der Waals surface area contributed by atoms with Gasteiger partial charge >= 0.3 is 0 Å². The molecule has 126 valence electrons. The van der Waals surface area contributed by atoms with E-state index in [-0.39, 0.29) is 5.91 Å². The molecule has 1 aliphatic heterocycles. The Kier molecular flexibility index (Phi) is 4.01. The number of anilines is 2. The molecule has 2 aromatic carbocycles. The summed E-state index contributed by atoms with van der Waals surface area (Å²) in [5, 5.41) is 0.665. The summed E-state index contributed by atoms with van der Waals surface area (Å²) >= 11 is 5.92. The predicted molar refractivity (Wildman–Crippen MR) is 100 cm³/mol. The van der Waals surface area contributed by atoms with Gasteiger partial charge in [-0.3, -0.25) is 9.69 Å². The number of hydrogen-bond donors (Lipinski definition) is 0. The number of fused-ring (bicyclic) bond motifs is 2. The average molecular weight is 353 g/mol. The van der Waals surface area contributed by atoms with Crippen LogP contribution in [0.4, 0.5) is 11.6 Å². The van der Waals surface area contributed by atoms with E-state index in [4.69, 9.17) is 21.6 Å². The number of nitrogens with zero attached hydrogens (tertiary/aromatic N) is 4. The van der Waals surface area contributed by atoms with E-state index < -0.39 is 0 Å². The summed E-state index contributed by atoms with van der Waals surface area (Å²) in [7, 11) is 1.98. The van der Waals surface area contributed by atoms with Crippen molar-refractivity contribution >= 4 is 40.2 Å². The van der Waals surface area contributed by atoms with Crippen LogP contribution in [0.2, 0.25) is 5.02 Å². The smallest absolute Gasteiger partial charge is 0.232 e. The molecule has 0 saturated heterocycles. The highest BCUT2D eigenvalue weighted by Gasteiger charge is 2.28. The lowest BCUT2D eigenvalue weighted by Gasteiger charge is -2.33. The molecule has 6 heteroatoms. The molecule has 0 radical (unpaired) electrons. The van der Waals surface area contributed by atoms with Gasteiger partial charge in [-0.05, 0) is 29.8 Å². The van der Waals surface area contributed by atoms with Crippen molar-refractivity contribution < 1.29 is 4.79 Å². The van der Waals surface area contributed by atoms with Crippen molar-refractivity contribution in [2.75, 3.05) is 29.9 Å². The maximum absolute atomic E-state index is 12.9. The van der Waals surface area contributed by atoms with Crippen LogP contribution < -0.4 is 9.80 Å². The fourth-order valence-electron chi connectivity index (χ4n) is 3.00. The fourth-order valence-corrected chi connectivity index (χ4v) is 3.12. The highest BCUT2D eigenvalue weighted by atomic mass is 35.5. The molecular formula is C19H17ClN4O. The number of aromatic nitrogens is 2. The first-order chi connectivity index (χ1) is 12.1. The summed E-state index contributed by atoms with van der Waals surface area (Å²) in [5.41, 5.74) is 2.56. The molecule has 0 aliphatic carbocycles. The Morgan fingerprint density at radius 3 is 2.32 bits per heavy atom. The van der Waals surface area contributed by atoms with E-state index in [1.807, 2.05) is 48.3 Å². The van der Waals surface area contributed by atoms with Crippen molar-refractivity contribution in [3.05, 3.63) is 59.1 Å². The summed E-state index contributed by atoms with van der Waals surface area (Å²) in [6.07, 6.45) is 0.314. The Balaban J connectivity index is 1.69. The van der Waals surface area contributed by atoms with E-state index in [9.17, 15) is 4.79 Å². The number of benzene rings is 2. The van der Waals surface area contributed by atoms with Crippen LogP contribution in [0, 0.1) is 0 Å². The van der Waals surface area contributed by atoms with Crippen LogP contribution in [-0.2, 0) is 11.2 Å². The zero-order valence-electron chi connectivity index (χ0n) is 13.8. The number of rotatable bonds is 2. The van der Waals surface area contributed by atoms with Crippen molar-refractivity contribution in [2.45, 2.75) is 6.42 Å². The van der Waals surface area contributed by atoms with Crippen LogP contribution in [-0.4, -0.2) is 36.0 Å². The monoisotopic (exact) mass is 352 g/mol. The molecule has 0 saturated carbocycles. The third-order valence-electron chi connectivity index (χ3n) is 4.38. The van der Waals surface area contributed by atoms with Crippen molar-refractivity contribution in [3.63, 3.8) is 0 Å². The Morgan fingerprint density at radius 1 is 1.00 bits per heavy atom. The lowest BCUT2D eigenvalue weighted by Crippen LogP contribution is -2.44. The molecule has 0 atom stereocenters. The van der Waals surface area contributed by atoms with Crippen molar-refractivity contribution in [3.8, 4) is 0 Å². The van der Waals surface area contributed by atoms with E-state index in [0.717, 1.165) is 29.0 Å². The first-order valence-corrected chi connectivity index (χ1v) is 8.52. The number of likely N-dealkylation sites (N-methyl/N-ethyl adjacent to an activating group) is 1. The van der Waals surface area contributed by atoms with Crippen molar-refractivity contribution in [1.82, 2.24) is 9.97 Å². The van der Waals surface area contributed by atoms with Crippen LogP contribution in [0.25, 0.3) is 11.0 Å². The lowest BCUT2D eigenvalue weighted by atomic mass is 10.1. The molecule has 25 heavy (non-hydrogen) atoms. The van der Waals surface area contributed by atoms with E-state index in [0.29, 0.717) is 23.8 Å². The summed E-state index contributed by atoms with van der Waals surface area (Å²) < 4.78 is 0. The van der Waals surface area contributed by atoms with E-state index in [1.165, 1.54) is 0 Å². The molecule has 1 aliphatic rings. The standard InChI is InChI=1S/C19H17ClN4O/c1-23-10-11-24(17(25)12-13-6-8-14(20)9-7-13)19-18(23)21-15-4-2-3-5-16(15)22-19/h2-9H,10-12H2,1H3. The van der Waals surface area contributed by atoms with Gasteiger partial charge in [-0.25, -0.2) is 9.97 Å². The highest BCUT2D eigenvalue weighted by Crippen LogP contribution is 2.31. The fraction of sp³-hybridized carbons (Fsp3) is 0.211. The minimum absolute atomic E-state index is 0.0150.